The molecule has 1 unspecified atom stereocenters. The number of non-ortho nitro benzene ring substituents is 1. The first-order chi connectivity index (χ1) is 13.3. The molecule has 1 aromatic rings. The summed E-state index contributed by atoms with van der Waals surface area (Å²) in [7, 11) is 0. The van der Waals surface area contributed by atoms with Crippen molar-refractivity contribution in [1.82, 2.24) is 5.32 Å². The van der Waals surface area contributed by atoms with Gasteiger partial charge in [-0.05, 0) is 32.8 Å². The van der Waals surface area contributed by atoms with E-state index in [2.05, 4.69) is 10.5 Å². The second kappa shape index (κ2) is 9.16. The number of unbranched alkanes of at least 4 members (excludes halogenated alkanes) is 1. The summed E-state index contributed by atoms with van der Waals surface area (Å²) < 4.78 is 0. The number of oxime groups is 1. The van der Waals surface area contributed by atoms with Crippen LogP contribution in [0.15, 0.2) is 52.0 Å². The first kappa shape index (κ1) is 21.1. The highest BCUT2D eigenvalue weighted by atomic mass is 16.6. The van der Waals surface area contributed by atoms with E-state index in [9.17, 15) is 20.0 Å². The van der Waals surface area contributed by atoms with Crippen LogP contribution in [0.25, 0.3) is 0 Å². The average molecular weight is 387 g/mol. The molecule has 0 aromatic heterocycles. The van der Waals surface area contributed by atoms with Crippen LogP contribution < -0.4 is 5.32 Å². The van der Waals surface area contributed by atoms with Crippen LogP contribution in [0.1, 0.15) is 52.0 Å². The maximum atomic E-state index is 12.0. The van der Waals surface area contributed by atoms with Crippen LogP contribution in [0, 0.1) is 10.1 Å². The van der Waals surface area contributed by atoms with Gasteiger partial charge in [-0.3, -0.25) is 10.1 Å². The van der Waals surface area contributed by atoms with Crippen molar-refractivity contribution in [3.8, 4) is 0 Å². The van der Waals surface area contributed by atoms with Gasteiger partial charge in [-0.15, -0.1) is 0 Å². The summed E-state index contributed by atoms with van der Waals surface area (Å²) in [5.41, 5.74) is 2.95. The summed E-state index contributed by atoms with van der Waals surface area (Å²) in [5.74, 6) is -1.79. The van der Waals surface area contributed by atoms with Gasteiger partial charge in [-0.2, -0.15) is 0 Å². The van der Waals surface area contributed by atoms with E-state index >= 15 is 0 Å². The van der Waals surface area contributed by atoms with E-state index in [1.165, 1.54) is 12.1 Å². The molecule has 150 valence electrons. The van der Waals surface area contributed by atoms with Crippen molar-refractivity contribution >= 4 is 17.4 Å². The van der Waals surface area contributed by atoms with Crippen molar-refractivity contribution in [1.29, 1.82) is 0 Å². The van der Waals surface area contributed by atoms with E-state index < -0.39 is 16.8 Å². The fraction of sp³-hybridized carbons (Fsp3) is 0.400. The van der Waals surface area contributed by atoms with Crippen LogP contribution in [0.2, 0.25) is 0 Å². The number of allylic oxidation sites excluding steroid dienone is 3. The Hall–Kier alpha value is -3.16. The molecule has 28 heavy (non-hydrogen) atoms. The number of nitrogens with zero attached hydrogens (tertiary/aromatic N) is 2. The van der Waals surface area contributed by atoms with E-state index in [0.29, 0.717) is 29.2 Å². The van der Waals surface area contributed by atoms with Gasteiger partial charge < -0.3 is 15.3 Å². The standard InChI is InChI=1S/C20H25N3O5/c1-5-6-10-28-22-14(4)17-12(2)21-13(3)18(20(24)25)19(17)15-8-7-9-16(11-15)23(26)27/h7-9,11,19,21H,5-6,10H2,1-4H3,(H,24,25). The molecule has 1 aliphatic heterocycles. The highest BCUT2D eigenvalue weighted by Crippen LogP contribution is 2.39. The lowest BCUT2D eigenvalue weighted by molar-refractivity contribution is -0.384. The number of benzene rings is 1. The second-order valence-electron chi connectivity index (χ2n) is 6.66. The number of nitrogens with one attached hydrogen (secondary N) is 1. The molecule has 8 nitrogen and oxygen atoms in total. The van der Waals surface area contributed by atoms with Crippen LogP contribution in [0.4, 0.5) is 5.69 Å². The van der Waals surface area contributed by atoms with Gasteiger partial charge >= 0.3 is 5.97 Å². The SMILES string of the molecule is CCCCON=C(C)C1=C(C)NC(C)=C(C(=O)O)C1c1cccc([N+](=O)[O-])c1. The lowest BCUT2D eigenvalue weighted by atomic mass is 9.78. The minimum absolute atomic E-state index is 0.0933. The number of dihydropyridines is 1. The molecule has 0 fully saturated rings. The first-order valence-corrected chi connectivity index (χ1v) is 9.11. The summed E-state index contributed by atoms with van der Waals surface area (Å²) >= 11 is 0. The van der Waals surface area contributed by atoms with Crippen LogP contribution >= 0.6 is 0 Å². The molecule has 2 N–H and O–H groups in total. The normalized spacial score (nSPS) is 17.4. The minimum atomic E-state index is -1.09. The Morgan fingerprint density at radius 3 is 2.61 bits per heavy atom. The summed E-state index contributed by atoms with van der Waals surface area (Å²) in [4.78, 5) is 28.1. The molecule has 1 aromatic carbocycles. The molecule has 0 aliphatic carbocycles. The van der Waals surface area contributed by atoms with Gasteiger partial charge in [0.05, 0.1) is 16.2 Å². The average Bonchev–Trinajstić information content (AvgIpc) is 2.64. The molecule has 0 radical (unpaired) electrons. The largest absolute Gasteiger partial charge is 0.478 e. The van der Waals surface area contributed by atoms with Gasteiger partial charge in [0.1, 0.15) is 6.61 Å². The molecule has 0 saturated carbocycles. The number of hydrogen-bond acceptors (Lipinski definition) is 6. The predicted octanol–water partition coefficient (Wildman–Crippen LogP) is 4.11. The molecule has 0 saturated heterocycles. The number of nitro benzene ring substituents is 1. The monoisotopic (exact) mass is 387 g/mol. The zero-order valence-electron chi connectivity index (χ0n) is 16.5. The topological polar surface area (TPSA) is 114 Å². The molecular formula is C20H25N3O5. The van der Waals surface area contributed by atoms with Crippen LogP contribution in [-0.2, 0) is 9.63 Å². The third-order valence-corrected chi connectivity index (χ3v) is 4.59. The number of carbonyl (C=O) groups is 1. The van der Waals surface area contributed by atoms with E-state index in [1.54, 1.807) is 26.0 Å². The Kier molecular flexibility index (Phi) is 6.92. The fourth-order valence-corrected chi connectivity index (χ4v) is 3.31. The zero-order valence-corrected chi connectivity index (χ0v) is 16.5. The van der Waals surface area contributed by atoms with E-state index in [-0.39, 0.29) is 11.3 Å². The van der Waals surface area contributed by atoms with Gasteiger partial charge in [0.2, 0.25) is 0 Å². The lowest BCUT2D eigenvalue weighted by Crippen LogP contribution is -2.30. The van der Waals surface area contributed by atoms with Gasteiger partial charge in [0.25, 0.3) is 5.69 Å². The Bertz CT molecular complexity index is 870. The lowest BCUT2D eigenvalue weighted by Gasteiger charge is -2.30. The molecule has 1 heterocycles. The smallest absolute Gasteiger partial charge is 0.334 e. The maximum Gasteiger partial charge on any atom is 0.334 e. The molecule has 8 heteroatoms. The quantitative estimate of drug-likeness (QED) is 0.300. The predicted molar refractivity (Wildman–Crippen MR) is 106 cm³/mol. The maximum absolute atomic E-state index is 12.0. The Morgan fingerprint density at radius 2 is 2.00 bits per heavy atom. The highest BCUT2D eigenvalue weighted by Gasteiger charge is 2.35. The van der Waals surface area contributed by atoms with Crippen LogP contribution in [0.5, 0.6) is 0 Å². The van der Waals surface area contributed by atoms with Gasteiger partial charge in [0, 0.05) is 35.0 Å². The van der Waals surface area contributed by atoms with Crippen molar-refractivity contribution in [2.75, 3.05) is 6.61 Å². The molecule has 1 atom stereocenters. The molecule has 1 aliphatic rings. The third kappa shape index (κ3) is 4.57. The van der Waals surface area contributed by atoms with Crippen molar-refractivity contribution in [2.45, 2.75) is 46.5 Å². The van der Waals surface area contributed by atoms with Gasteiger partial charge in [0.15, 0.2) is 0 Å². The number of rotatable bonds is 8. The Morgan fingerprint density at radius 1 is 1.32 bits per heavy atom. The first-order valence-electron chi connectivity index (χ1n) is 9.11. The van der Waals surface area contributed by atoms with Crippen molar-refractivity contribution in [3.63, 3.8) is 0 Å². The van der Waals surface area contributed by atoms with Crippen molar-refractivity contribution in [3.05, 3.63) is 62.5 Å². The van der Waals surface area contributed by atoms with Gasteiger partial charge in [-0.25, -0.2) is 4.79 Å². The van der Waals surface area contributed by atoms with E-state index in [4.69, 9.17) is 4.84 Å². The Labute approximate surface area is 163 Å². The number of aliphatic carboxylic acids is 1. The molecule has 0 bridgehead atoms. The van der Waals surface area contributed by atoms with Crippen molar-refractivity contribution in [2.24, 2.45) is 5.16 Å². The van der Waals surface area contributed by atoms with E-state index in [0.717, 1.165) is 18.5 Å². The molecule has 0 amide bonds. The summed E-state index contributed by atoms with van der Waals surface area (Å²) in [6, 6.07) is 6.04. The molecule has 2 rings (SSSR count). The van der Waals surface area contributed by atoms with E-state index in [1.807, 2.05) is 13.8 Å². The summed E-state index contributed by atoms with van der Waals surface area (Å²) in [6.07, 6.45) is 1.83. The third-order valence-electron chi connectivity index (χ3n) is 4.59. The molecular weight excluding hydrogens is 362 g/mol. The van der Waals surface area contributed by atoms with Crippen molar-refractivity contribution < 1.29 is 19.7 Å². The second-order valence-corrected chi connectivity index (χ2v) is 6.66. The Balaban J connectivity index is 2.58. The summed E-state index contributed by atoms with van der Waals surface area (Å²) in [6.45, 7) is 7.76. The van der Waals surface area contributed by atoms with Crippen LogP contribution in [0.3, 0.4) is 0 Å². The fourth-order valence-electron chi connectivity index (χ4n) is 3.31. The highest BCUT2D eigenvalue weighted by molar-refractivity contribution is 6.04. The molecule has 0 spiro atoms. The van der Waals surface area contributed by atoms with Gasteiger partial charge in [-0.1, -0.05) is 30.6 Å². The number of nitro groups is 1. The number of hydrogen-bond donors (Lipinski definition) is 2. The number of carboxylic acids is 1. The number of carboxylic acid groups (broad SMARTS) is 1. The minimum Gasteiger partial charge on any atom is -0.478 e. The van der Waals surface area contributed by atoms with Crippen LogP contribution in [-0.4, -0.2) is 28.3 Å². The zero-order chi connectivity index (χ0) is 20.8. The summed E-state index contributed by atoms with van der Waals surface area (Å²) in [5, 5.41) is 28.3.